The Kier molecular flexibility index (Phi) is 4.80. The first-order valence-electron chi connectivity index (χ1n) is 6.89. The number of nitrogens with one attached hydrogen (secondary N) is 1. The number of hydrogen-bond acceptors (Lipinski definition) is 2. The van der Waals surface area contributed by atoms with Gasteiger partial charge in [0, 0.05) is 39.8 Å². The fraction of sp³-hybridized carbons (Fsp3) is 0.533. The molecule has 1 aromatic rings. The molecule has 19 heavy (non-hydrogen) atoms. The molecule has 0 unspecified atom stereocenters. The first-order chi connectivity index (χ1) is 9.15. The molecule has 104 valence electrons. The van der Waals surface area contributed by atoms with E-state index in [0.717, 1.165) is 32.5 Å². The average molecular weight is 261 g/mol. The third-order valence-corrected chi connectivity index (χ3v) is 3.57. The van der Waals surface area contributed by atoms with Gasteiger partial charge in [0.05, 0.1) is 0 Å². The molecule has 4 heteroatoms. The Balaban J connectivity index is 1.75. The molecular formula is C15H23N3O. The predicted molar refractivity (Wildman–Crippen MR) is 77.0 cm³/mol. The molecule has 1 aromatic carbocycles. The summed E-state index contributed by atoms with van der Waals surface area (Å²) in [6.45, 7) is 3.11. The number of hydrogen-bond donors (Lipinski definition) is 1. The minimum Gasteiger partial charge on any atom is -0.335 e. The molecule has 0 radical (unpaired) electrons. The van der Waals surface area contributed by atoms with E-state index in [1.165, 1.54) is 5.56 Å². The van der Waals surface area contributed by atoms with Crippen molar-refractivity contribution in [1.82, 2.24) is 15.1 Å². The van der Waals surface area contributed by atoms with Crippen molar-refractivity contribution in [2.24, 2.45) is 0 Å². The summed E-state index contributed by atoms with van der Waals surface area (Å²) in [4.78, 5) is 15.6. The zero-order valence-corrected chi connectivity index (χ0v) is 11.8. The molecule has 0 spiro atoms. The Morgan fingerprint density at radius 2 is 1.89 bits per heavy atom. The van der Waals surface area contributed by atoms with Gasteiger partial charge >= 0.3 is 6.03 Å². The summed E-state index contributed by atoms with van der Waals surface area (Å²) in [5.41, 5.74) is 1.36. The minimum absolute atomic E-state index is 0.0153. The molecule has 1 N–H and O–H groups in total. The number of carbonyl (C=O) groups is 1. The van der Waals surface area contributed by atoms with Crippen molar-refractivity contribution in [3.63, 3.8) is 0 Å². The van der Waals surface area contributed by atoms with E-state index in [1.54, 1.807) is 19.0 Å². The van der Waals surface area contributed by atoms with Crippen molar-refractivity contribution in [2.75, 3.05) is 27.2 Å². The molecule has 0 atom stereocenters. The highest BCUT2D eigenvalue weighted by Crippen LogP contribution is 2.13. The molecule has 1 aliphatic rings. The van der Waals surface area contributed by atoms with Crippen LogP contribution >= 0.6 is 0 Å². The molecule has 0 bridgehead atoms. The SMILES string of the molecule is CN(C)C(=O)NC1CCN(Cc2ccccc2)CC1. The molecule has 1 aliphatic heterocycles. The first kappa shape index (κ1) is 13.9. The van der Waals surface area contributed by atoms with Gasteiger partial charge in [-0.15, -0.1) is 0 Å². The Bertz CT molecular complexity index is 397. The van der Waals surface area contributed by atoms with Crippen LogP contribution in [0.25, 0.3) is 0 Å². The summed E-state index contributed by atoms with van der Waals surface area (Å²) in [5, 5.41) is 3.06. The molecule has 0 saturated carbocycles. The van der Waals surface area contributed by atoms with Crippen LogP contribution in [0.1, 0.15) is 18.4 Å². The number of rotatable bonds is 3. The van der Waals surface area contributed by atoms with E-state index in [4.69, 9.17) is 0 Å². The van der Waals surface area contributed by atoms with E-state index in [0.29, 0.717) is 6.04 Å². The van der Waals surface area contributed by atoms with Crippen LogP contribution in [0.4, 0.5) is 4.79 Å². The van der Waals surface area contributed by atoms with Gasteiger partial charge in [-0.25, -0.2) is 4.79 Å². The zero-order valence-electron chi connectivity index (χ0n) is 11.8. The van der Waals surface area contributed by atoms with Crippen LogP contribution in [0.3, 0.4) is 0 Å². The molecule has 0 aliphatic carbocycles. The maximum atomic E-state index is 11.6. The van der Waals surface area contributed by atoms with E-state index >= 15 is 0 Å². The summed E-state index contributed by atoms with van der Waals surface area (Å²) in [5.74, 6) is 0. The molecule has 1 fully saturated rings. The van der Waals surface area contributed by atoms with Gasteiger partial charge in [0.15, 0.2) is 0 Å². The topological polar surface area (TPSA) is 35.6 Å². The average Bonchev–Trinajstić information content (AvgIpc) is 2.42. The van der Waals surface area contributed by atoms with E-state index in [9.17, 15) is 4.79 Å². The van der Waals surface area contributed by atoms with Crippen LogP contribution in [-0.4, -0.2) is 49.1 Å². The van der Waals surface area contributed by atoms with Crippen molar-refractivity contribution in [2.45, 2.75) is 25.4 Å². The van der Waals surface area contributed by atoms with Crippen molar-refractivity contribution < 1.29 is 4.79 Å². The van der Waals surface area contributed by atoms with Gasteiger partial charge in [0.2, 0.25) is 0 Å². The maximum absolute atomic E-state index is 11.6. The Labute approximate surface area is 115 Å². The lowest BCUT2D eigenvalue weighted by Crippen LogP contribution is -2.47. The van der Waals surface area contributed by atoms with E-state index in [2.05, 4.69) is 34.5 Å². The van der Waals surface area contributed by atoms with Gasteiger partial charge < -0.3 is 10.2 Å². The number of carbonyl (C=O) groups excluding carboxylic acids is 1. The largest absolute Gasteiger partial charge is 0.335 e. The van der Waals surface area contributed by atoms with E-state index in [-0.39, 0.29) is 6.03 Å². The third kappa shape index (κ3) is 4.24. The summed E-state index contributed by atoms with van der Waals surface area (Å²) < 4.78 is 0. The van der Waals surface area contributed by atoms with Crippen LogP contribution in [0, 0.1) is 0 Å². The van der Waals surface area contributed by atoms with Gasteiger partial charge in [0.25, 0.3) is 0 Å². The highest BCUT2D eigenvalue weighted by atomic mass is 16.2. The second-order valence-electron chi connectivity index (χ2n) is 5.38. The molecule has 1 saturated heterocycles. The maximum Gasteiger partial charge on any atom is 0.317 e. The fourth-order valence-electron chi connectivity index (χ4n) is 2.38. The van der Waals surface area contributed by atoms with Crippen LogP contribution in [0.15, 0.2) is 30.3 Å². The zero-order chi connectivity index (χ0) is 13.7. The predicted octanol–water partition coefficient (Wildman–Crippen LogP) is 1.92. The van der Waals surface area contributed by atoms with Crippen molar-refractivity contribution >= 4 is 6.03 Å². The van der Waals surface area contributed by atoms with E-state index < -0.39 is 0 Å². The van der Waals surface area contributed by atoms with Gasteiger partial charge in [0.1, 0.15) is 0 Å². The molecule has 1 heterocycles. The summed E-state index contributed by atoms with van der Waals surface area (Å²) in [6, 6.07) is 10.9. The number of urea groups is 1. The fourth-order valence-corrected chi connectivity index (χ4v) is 2.38. The van der Waals surface area contributed by atoms with Gasteiger partial charge in [-0.2, -0.15) is 0 Å². The monoisotopic (exact) mass is 261 g/mol. The van der Waals surface area contributed by atoms with E-state index in [1.807, 2.05) is 6.07 Å². The highest BCUT2D eigenvalue weighted by Gasteiger charge is 2.20. The van der Waals surface area contributed by atoms with Crippen molar-refractivity contribution in [3.05, 3.63) is 35.9 Å². The molecule has 2 amide bonds. The molecule has 4 nitrogen and oxygen atoms in total. The number of likely N-dealkylation sites (tertiary alicyclic amines) is 1. The molecular weight excluding hydrogens is 238 g/mol. The first-order valence-corrected chi connectivity index (χ1v) is 6.89. The van der Waals surface area contributed by atoms with Gasteiger partial charge in [-0.3, -0.25) is 4.90 Å². The van der Waals surface area contributed by atoms with Crippen LogP contribution < -0.4 is 5.32 Å². The van der Waals surface area contributed by atoms with Crippen LogP contribution in [-0.2, 0) is 6.54 Å². The Hall–Kier alpha value is -1.55. The smallest absolute Gasteiger partial charge is 0.317 e. The number of benzene rings is 1. The number of piperidine rings is 1. The Morgan fingerprint density at radius 1 is 1.26 bits per heavy atom. The van der Waals surface area contributed by atoms with Gasteiger partial charge in [-0.05, 0) is 18.4 Å². The standard InChI is InChI=1S/C15H23N3O/c1-17(2)15(19)16-14-8-10-18(11-9-14)12-13-6-4-3-5-7-13/h3-7,14H,8-12H2,1-2H3,(H,16,19). The number of amides is 2. The van der Waals surface area contributed by atoms with Crippen LogP contribution in [0.2, 0.25) is 0 Å². The normalized spacial score (nSPS) is 17.2. The second kappa shape index (κ2) is 6.57. The highest BCUT2D eigenvalue weighted by molar-refractivity contribution is 5.73. The minimum atomic E-state index is 0.0153. The summed E-state index contributed by atoms with van der Waals surface area (Å²) in [6.07, 6.45) is 2.07. The lowest BCUT2D eigenvalue weighted by Gasteiger charge is -2.32. The Morgan fingerprint density at radius 3 is 2.47 bits per heavy atom. The lowest BCUT2D eigenvalue weighted by molar-refractivity contribution is 0.178. The summed E-state index contributed by atoms with van der Waals surface area (Å²) >= 11 is 0. The molecule has 0 aromatic heterocycles. The van der Waals surface area contributed by atoms with Crippen LogP contribution in [0.5, 0.6) is 0 Å². The quantitative estimate of drug-likeness (QED) is 0.902. The van der Waals surface area contributed by atoms with Crippen molar-refractivity contribution in [1.29, 1.82) is 0 Å². The lowest BCUT2D eigenvalue weighted by atomic mass is 10.0. The second-order valence-corrected chi connectivity index (χ2v) is 5.38. The van der Waals surface area contributed by atoms with Gasteiger partial charge in [-0.1, -0.05) is 30.3 Å². The third-order valence-electron chi connectivity index (χ3n) is 3.57. The number of nitrogens with zero attached hydrogens (tertiary/aromatic N) is 2. The van der Waals surface area contributed by atoms with Crippen molar-refractivity contribution in [3.8, 4) is 0 Å². The summed E-state index contributed by atoms with van der Waals surface area (Å²) in [7, 11) is 3.56. The molecule has 2 rings (SSSR count).